The number of amides is 2. The highest BCUT2D eigenvalue weighted by Crippen LogP contribution is 2.21. The van der Waals surface area contributed by atoms with Crippen molar-refractivity contribution in [3.05, 3.63) is 96.1 Å². The van der Waals surface area contributed by atoms with Crippen molar-refractivity contribution in [2.45, 2.75) is 12.5 Å². The molecule has 0 unspecified atom stereocenters. The Hall–Kier alpha value is -3.93. The number of primary amides is 1. The summed E-state index contributed by atoms with van der Waals surface area (Å²) in [5.74, 6) is -2.39. The molecule has 0 bridgehead atoms. The molecule has 0 aliphatic rings. The average molecular weight is 387 g/mol. The van der Waals surface area contributed by atoms with E-state index in [1.165, 1.54) is 0 Å². The molecule has 6 nitrogen and oxygen atoms in total. The Balaban J connectivity index is 1.82. The number of ketones is 1. The van der Waals surface area contributed by atoms with E-state index in [9.17, 15) is 14.4 Å². The van der Waals surface area contributed by atoms with Crippen LogP contribution in [-0.4, -0.2) is 23.6 Å². The summed E-state index contributed by atoms with van der Waals surface area (Å²) >= 11 is 0. The number of rotatable bonds is 8. The molecular weight excluding hydrogens is 366 g/mol. The van der Waals surface area contributed by atoms with Gasteiger partial charge in [0.15, 0.2) is 0 Å². The van der Waals surface area contributed by atoms with Crippen LogP contribution in [0.3, 0.4) is 0 Å². The van der Waals surface area contributed by atoms with Crippen molar-refractivity contribution in [3.63, 3.8) is 0 Å². The molecule has 0 spiro atoms. The molecule has 0 radical (unpaired) electrons. The second-order valence-electron chi connectivity index (χ2n) is 6.48. The number of nitrogens with one attached hydrogen (secondary N) is 2. The lowest BCUT2D eigenvalue weighted by Gasteiger charge is -2.18. The summed E-state index contributed by atoms with van der Waals surface area (Å²) in [5.41, 5.74) is 7.75. The van der Waals surface area contributed by atoms with Crippen molar-refractivity contribution in [1.82, 2.24) is 5.32 Å². The first-order chi connectivity index (χ1) is 14.0. The molecule has 0 saturated carbocycles. The van der Waals surface area contributed by atoms with Gasteiger partial charge >= 0.3 is 0 Å². The fourth-order valence-electron chi connectivity index (χ4n) is 2.93. The highest BCUT2D eigenvalue weighted by molar-refractivity contribution is 6.38. The average Bonchev–Trinajstić information content (AvgIpc) is 2.74. The standard InChI is InChI=1S/C23H21N3O3/c24-22(28)21(27)20(15-16-9-3-1-4-10-16)26-23(29)18-13-7-8-14-19(18)25-17-11-5-2-6-12-17/h1-14,20,25H,15H2,(H2,24,28)(H,26,29)/t20-/m0/s1. The maximum absolute atomic E-state index is 12.9. The highest BCUT2D eigenvalue weighted by atomic mass is 16.2. The molecule has 3 rings (SSSR count). The molecule has 3 aromatic carbocycles. The number of benzene rings is 3. The topological polar surface area (TPSA) is 101 Å². The summed E-state index contributed by atoms with van der Waals surface area (Å²) in [4.78, 5) is 36.7. The molecule has 6 heteroatoms. The molecule has 0 aliphatic carbocycles. The zero-order chi connectivity index (χ0) is 20.6. The lowest BCUT2D eigenvalue weighted by Crippen LogP contribution is -2.47. The van der Waals surface area contributed by atoms with Gasteiger partial charge in [-0.1, -0.05) is 60.7 Å². The van der Waals surface area contributed by atoms with E-state index in [4.69, 9.17) is 5.73 Å². The van der Waals surface area contributed by atoms with Crippen molar-refractivity contribution >= 4 is 29.0 Å². The van der Waals surface area contributed by atoms with Gasteiger partial charge in [0, 0.05) is 12.1 Å². The van der Waals surface area contributed by atoms with Gasteiger partial charge in [-0.3, -0.25) is 14.4 Å². The number of hydrogen-bond donors (Lipinski definition) is 3. The number of Topliss-reactive ketones (excluding diaryl/α,β-unsaturated/α-hetero) is 1. The molecule has 3 aromatic rings. The molecule has 0 aliphatic heterocycles. The minimum Gasteiger partial charge on any atom is -0.363 e. The lowest BCUT2D eigenvalue weighted by molar-refractivity contribution is -0.137. The first kappa shape index (κ1) is 19.8. The van der Waals surface area contributed by atoms with Crippen LogP contribution in [0.2, 0.25) is 0 Å². The van der Waals surface area contributed by atoms with E-state index in [1.807, 2.05) is 60.7 Å². The molecule has 146 valence electrons. The summed E-state index contributed by atoms with van der Waals surface area (Å²) in [5, 5.41) is 5.85. The number of nitrogens with two attached hydrogens (primary N) is 1. The molecular formula is C23H21N3O3. The Bertz CT molecular complexity index is 1000. The van der Waals surface area contributed by atoms with Crippen LogP contribution in [0.15, 0.2) is 84.9 Å². The van der Waals surface area contributed by atoms with Crippen LogP contribution in [0, 0.1) is 0 Å². The number of carbonyl (C=O) groups excluding carboxylic acids is 3. The minimum atomic E-state index is -1.08. The van der Waals surface area contributed by atoms with Gasteiger partial charge in [-0.2, -0.15) is 0 Å². The van der Waals surface area contributed by atoms with E-state index in [-0.39, 0.29) is 6.42 Å². The minimum absolute atomic E-state index is 0.169. The molecule has 0 heterocycles. The van der Waals surface area contributed by atoms with Crippen molar-refractivity contribution in [2.75, 3.05) is 5.32 Å². The van der Waals surface area contributed by atoms with Gasteiger partial charge in [0.05, 0.1) is 11.3 Å². The molecule has 4 N–H and O–H groups in total. The third-order valence-corrected chi connectivity index (χ3v) is 4.37. The van der Waals surface area contributed by atoms with E-state index < -0.39 is 23.6 Å². The molecule has 29 heavy (non-hydrogen) atoms. The van der Waals surface area contributed by atoms with Crippen LogP contribution in [0.5, 0.6) is 0 Å². The Kier molecular flexibility index (Phi) is 6.37. The van der Waals surface area contributed by atoms with Gasteiger partial charge in [-0.25, -0.2) is 0 Å². The zero-order valence-electron chi connectivity index (χ0n) is 15.7. The van der Waals surface area contributed by atoms with Gasteiger partial charge in [-0.15, -0.1) is 0 Å². The van der Waals surface area contributed by atoms with Crippen LogP contribution in [-0.2, 0) is 16.0 Å². The molecule has 0 aromatic heterocycles. The van der Waals surface area contributed by atoms with E-state index in [0.717, 1.165) is 11.3 Å². The predicted molar refractivity (Wildman–Crippen MR) is 112 cm³/mol. The largest absolute Gasteiger partial charge is 0.363 e. The molecule has 2 amide bonds. The lowest BCUT2D eigenvalue weighted by atomic mass is 10.0. The van der Waals surface area contributed by atoms with Crippen LogP contribution in [0.4, 0.5) is 11.4 Å². The second kappa shape index (κ2) is 9.32. The van der Waals surface area contributed by atoms with E-state index in [2.05, 4.69) is 10.6 Å². The fraction of sp³-hybridized carbons (Fsp3) is 0.0870. The molecule has 0 saturated heterocycles. The van der Waals surface area contributed by atoms with Crippen molar-refractivity contribution in [1.29, 1.82) is 0 Å². The molecule has 0 fully saturated rings. The van der Waals surface area contributed by atoms with Gasteiger partial charge in [0.25, 0.3) is 11.8 Å². The SMILES string of the molecule is NC(=O)C(=O)[C@H](Cc1ccccc1)NC(=O)c1ccccc1Nc1ccccc1. The van der Waals surface area contributed by atoms with E-state index in [0.29, 0.717) is 11.3 Å². The third kappa shape index (κ3) is 5.29. The van der Waals surface area contributed by atoms with Gasteiger partial charge in [0.1, 0.15) is 6.04 Å². The van der Waals surface area contributed by atoms with Gasteiger partial charge in [-0.05, 0) is 29.8 Å². The smallest absolute Gasteiger partial charge is 0.287 e. The Morgan fingerprint density at radius 3 is 2.03 bits per heavy atom. The first-order valence-corrected chi connectivity index (χ1v) is 9.14. The van der Waals surface area contributed by atoms with Crippen molar-refractivity contribution in [2.24, 2.45) is 5.73 Å². The quantitative estimate of drug-likeness (QED) is 0.517. The van der Waals surface area contributed by atoms with Gasteiger partial charge < -0.3 is 16.4 Å². The number of carbonyl (C=O) groups is 3. The van der Waals surface area contributed by atoms with Crippen LogP contribution >= 0.6 is 0 Å². The van der Waals surface area contributed by atoms with Gasteiger partial charge in [0.2, 0.25) is 5.78 Å². The third-order valence-electron chi connectivity index (χ3n) is 4.37. The van der Waals surface area contributed by atoms with Crippen molar-refractivity contribution in [3.8, 4) is 0 Å². The normalized spacial score (nSPS) is 11.3. The first-order valence-electron chi connectivity index (χ1n) is 9.14. The van der Waals surface area contributed by atoms with E-state index in [1.54, 1.807) is 24.3 Å². The Labute approximate surface area is 168 Å². The number of para-hydroxylation sites is 2. The summed E-state index contributed by atoms with van der Waals surface area (Å²) in [6, 6.07) is 24.4. The fourth-order valence-corrected chi connectivity index (χ4v) is 2.93. The van der Waals surface area contributed by atoms with Crippen molar-refractivity contribution < 1.29 is 14.4 Å². The summed E-state index contributed by atoms with van der Waals surface area (Å²) in [6.45, 7) is 0. The van der Waals surface area contributed by atoms with Crippen LogP contribution < -0.4 is 16.4 Å². The highest BCUT2D eigenvalue weighted by Gasteiger charge is 2.26. The number of hydrogen-bond acceptors (Lipinski definition) is 4. The summed E-state index contributed by atoms with van der Waals surface area (Å²) < 4.78 is 0. The summed E-state index contributed by atoms with van der Waals surface area (Å²) in [7, 11) is 0. The Morgan fingerprint density at radius 1 is 0.793 bits per heavy atom. The number of anilines is 2. The maximum Gasteiger partial charge on any atom is 0.287 e. The van der Waals surface area contributed by atoms with E-state index >= 15 is 0 Å². The maximum atomic E-state index is 12.9. The summed E-state index contributed by atoms with van der Waals surface area (Å²) in [6.07, 6.45) is 0.169. The predicted octanol–water partition coefficient (Wildman–Crippen LogP) is 2.83. The Morgan fingerprint density at radius 2 is 1.38 bits per heavy atom. The van der Waals surface area contributed by atoms with Crippen LogP contribution in [0.25, 0.3) is 0 Å². The zero-order valence-corrected chi connectivity index (χ0v) is 15.7. The van der Waals surface area contributed by atoms with Crippen LogP contribution in [0.1, 0.15) is 15.9 Å². The monoisotopic (exact) mass is 387 g/mol. The molecule has 1 atom stereocenters. The second-order valence-corrected chi connectivity index (χ2v) is 6.48.